The van der Waals surface area contributed by atoms with Crippen LogP contribution in [0.2, 0.25) is 0 Å². The number of Topliss-reactive ketones (excluding diaryl/α,β-unsaturated/α-hetero) is 1. The number of rotatable bonds is 9. The standard InChI is InChI=1S/C36H34O18/c1-20(37)34(3)49-27(40)22(28(41)50-34)13-8-6-10-15-24-31(44)53-36(54-32(24)45)17-11-16-35(18-36)51-29(42)23(30(43)52-35)14-9-5-7-12-21-25(38)47-33(2,19-46-4)48-26(21)39/h5-10,12-15,38,40H,11,16-19H2,1-4H3/b9-5?,10-6+,12-7?,13-8+,23-14?,24-15?. The molecule has 1 saturated carbocycles. The fourth-order valence-electron chi connectivity index (χ4n) is 5.62. The number of methoxy groups -OCH3 is 1. The van der Waals surface area contributed by atoms with Crippen LogP contribution in [-0.2, 0) is 76.2 Å². The van der Waals surface area contributed by atoms with Crippen LogP contribution in [0.1, 0.15) is 46.5 Å². The van der Waals surface area contributed by atoms with Crippen molar-refractivity contribution in [2.75, 3.05) is 13.7 Å². The lowest BCUT2D eigenvalue weighted by Gasteiger charge is -2.47. The molecule has 54 heavy (non-hydrogen) atoms. The first-order valence-electron chi connectivity index (χ1n) is 16.2. The topological polar surface area (TPSA) is 243 Å². The maximum atomic E-state index is 12.9. The van der Waals surface area contributed by atoms with E-state index in [1.165, 1.54) is 63.5 Å². The highest BCUT2D eigenvalue weighted by Crippen LogP contribution is 2.46. The quantitative estimate of drug-likeness (QED) is 0.113. The maximum absolute atomic E-state index is 12.9. The molecule has 0 aromatic heterocycles. The van der Waals surface area contributed by atoms with E-state index in [9.17, 15) is 43.8 Å². The Morgan fingerprint density at radius 2 is 1.07 bits per heavy atom. The Morgan fingerprint density at radius 3 is 1.48 bits per heavy atom. The van der Waals surface area contributed by atoms with E-state index in [-0.39, 0.29) is 31.4 Å². The van der Waals surface area contributed by atoms with Crippen LogP contribution < -0.4 is 0 Å². The average Bonchev–Trinajstić information content (AvgIpc) is 3.04. The van der Waals surface area contributed by atoms with E-state index in [1.807, 2.05) is 0 Å². The number of cyclic esters (lactones) is 2. The predicted octanol–water partition coefficient (Wildman–Crippen LogP) is 2.58. The number of ketones is 1. The van der Waals surface area contributed by atoms with Gasteiger partial charge in [0.1, 0.15) is 35.3 Å². The van der Waals surface area contributed by atoms with Gasteiger partial charge in [0.15, 0.2) is 0 Å². The largest absolute Gasteiger partial charge is 0.480 e. The van der Waals surface area contributed by atoms with Crippen LogP contribution in [0.25, 0.3) is 0 Å². The summed E-state index contributed by atoms with van der Waals surface area (Å²) in [6.45, 7) is 3.56. The SMILES string of the molecule is COCC1(C)OC(=O)C(C=CC=CC=C2C(=O)OC3(CCCC4(C3)OC(=O)C(=C/C=C/C=C/C3=C(O)OC(C)(C(C)=O)OC3=O)C(=O)O4)OC2=O)=C(O)O1. The second-order valence-corrected chi connectivity index (χ2v) is 12.5. The summed E-state index contributed by atoms with van der Waals surface area (Å²) in [5.41, 5.74) is -1.67. The molecule has 3 fully saturated rings. The molecule has 2 spiro atoms. The van der Waals surface area contributed by atoms with Gasteiger partial charge in [-0.1, -0.05) is 36.5 Å². The summed E-state index contributed by atoms with van der Waals surface area (Å²) in [6, 6.07) is 0. The molecule has 18 heteroatoms. The molecule has 4 heterocycles. The molecule has 2 N–H and O–H groups in total. The Hall–Kier alpha value is -6.43. The van der Waals surface area contributed by atoms with Gasteiger partial charge in [0.2, 0.25) is 5.78 Å². The van der Waals surface area contributed by atoms with Gasteiger partial charge in [-0.25, -0.2) is 28.8 Å². The number of carbonyl (C=O) groups is 7. The number of hydrogen-bond acceptors (Lipinski definition) is 18. The van der Waals surface area contributed by atoms with Crippen molar-refractivity contribution >= 4 is 41.6 Å². The highest BCUT2D eigenvalue weighted by atomic mass is 16.8. The fourth-order valence-corrected chi connectivity index (χ4v) is 5.62. The Labute approximate surface area is 306 Å². The highest BCUT2D eigenvalue weighted by molar-refractivity contribution is 6.16. The normalized spacial score (nSPS) is 30.4. The molecule has 4 aliphatic heterocycles. The number of ether oxygens (including phenoxy) is 9. The molecular formula is C36H34O18. The maximum Gasteiger partial charge on any atom is 0.349 e. The first kappa shape index (κ1) is 38.8. The molecule has 2 atom stereocenters. The van der Waals surface area contributed by atoms with Crippen molar-refractivity contribution in [1.29, 1.82) is 0 Å². The predicted molar refractivity (Wildman–Crippen MR) is 174 cm³/mol. The van der Waals surface area contributed by atoms with Gasteiger partial charge in [-0.05, 0) is 30.7 Å². The summed E-state index contributed by atoms with van der Waals surface area (Å²) >= 11 is 0. The summed E-state index contributed by atoms with van der Waals surface area (Å²) in [4.78, 5) is 87.9. The Morgan fingerprint density at radius 1 is 0.630 bits per heavy atom. The van der Waals surface area contributed by atoms with Crippen LogP contribution in [-0.4, -0.2) is 88.7 Å². The third-order valence-corrected chi connectivity index (χ3v) is 8.29. The zero-order valence-corrected chi connectivity index (χ0v) is 29.2. The molecule has 18 nitrogen and oxygen atoms in total. The van der Waals surface area contributed by atoms with Crippen LogP contribution in [0.3, 0.4) is 0 Å². The van der Waals surface area contributed by atoms with Gasteiger partial charge in [-0.15, -0.1) is 0 Å². The average molecular weight is 755 g/mol. The first-order valence-corrected chi connectivity index (χ1v) is 16.2. The molecule has 0 radical (unpaired) electrons. The van der Waals surface area contributed by atoms with Crippen LogP contribution in [0, 0.1) is 0 Å². The molecule has 0 bridgehead atoms. The van der Waals surface area contributed by atoms with Crippen molar-refractivity contribution in [1.82, 2.24) is 0 Å². The summed E-state index contributed by atoms with van der Waals surface area (Å²) in [5.74, 6) is -15.6. The van der Waals surface area contributed by atoms with Crippen LogP contribution >= 0.6 is 0 Å². The van der Waals surface area contributed by atoms with Gasteiger partial charge < -0.3 is 52.8 Å². The lowest BCUT2D eigenvalue weighted by atomic mass is 9.87. The molecular weight excluding hydrogens is 720 g/mol. The molecule has 2 saturated heterocycles. The summed E-state index contributed by atoms with van der Waals surface area (Å²) in [6.07, 6.45) is 11.8. The zero-order chi connectivity index (χ0) is 39.5. The van der Waals surface area contributed by atoms with E-state index in [0.29, 0.717) is 0 Å². The van der Waals surface area contributed by atoms with Gasteiger partial charge in [-0.3, -0.25) is 4.79 Å². The molecule has 0 amide bonds. The second kappa shape index (κ2) is 14.9. The van der Waals surface area contributed by atoms with Crippen molar-refractivity contribution in [2.24, 2.45) is 0 Å². The molecule has 2 unspecified atom stereocenters. The van der Waals surface area contributed by atoms with Crippen molar-refractivity contribution in [3.63, 3.8) is 0 Å². The highest BCUT2D eigenvalue weighted by Gasteiger charge is 2.59. The van der Waals surface area contributed by atoms with Crippen LogP contribution in [0.4, 0.5) is 0 Å². The van der Waals surface area contributed by atoms with E-state index in [4.69, 9.17) is 42.6 Å². The van der Waals surface area contributed by atoms with Gasteiger partial charge in [0, 0.05) is 40.7 Å². The van der Waals surface area contributed by atoms with Crippen molar-refractivity contribution in [3.8, 4) is 0 Å². The first-order chi connectivity index (χ1) is 25.4. The van der Waals surface area contributed by atoms with Gasteiger partial charge >= 0.3 is 41.6 Å². The van der Waals surface area contributed by atoms with E-state index in [1.54, 1.807) is 0 Å². The smallest absolute Gasteiger partial charge is 0.349 e. The Balaban J connectivity index is 1.19. The number of aliphatic hydroxyl groups excluding tert-OH is 2. The number of aliphatic hydroxyl groups is 2. The van der Waals surface area contributed by atoms with Crippen molar-refractivity contribution < 1.29 is 86.4 Å². The molecule has 1 aliphatic carbocycles. The van der Waals surface area contributed by atoms with Crippen LogP contribution in [0.5, 0.6) is 0 Å². The van der Waals surface area contributed by atoms with Crippen LogP contribution in [0.15, 0.2) is 94.9 Å². The minimum Gasteiger partial charge on any atom is -0.480 e. The number of carbonyl (C=O) groups excluding carboxylic acids is 7. The lowest BCUT2D eigenvalue weighted by molar-refractivity contribution is -0.306. The second-order valence-electron chi connectivity index (χ2n) is 12.5. The number of allylic oxidation sites excluding steroid dienone is 8. The van der Waals surface area contributed by atoms with Gasteiger partial charge in [0.25, 0.3) is 29.3 Å². The Bertz CT molecular complexity index is 1900. The van der Waals surface area contributed by atoms with E-state index >= 15 is 0 Å². The summed E-state index contributed by atoms with van der Waals surface area (Å²) < 4.78 is 47.2. The summed E-state index contributed by atoms with van der Waals surface area (Å²) in [7, 11) is 1.36. The van der Waals surface area contributed by atoms with E-state index < -0.39 is 99.8 Å². The van der Waals surface area contributed by atoms with Crippen molar-refractivity contribution in [2.45, 2.75) is 69.6 Å². The Kier molecular flexibility index (Phi) is 10.7. The molecule has 0 aromatic rings. The minimum atomic E-state index is -1.97. The summed E-state index contributed by atoms with van der Waals surface area (Å²) in [5, 5.41) is 20.2. The van der Waals surface area contributed by atoms with Crippen molar-refractivity contribution in [3.05, 3.63) is 94.9 Å². The zero-order valence-electron chi connectivity index (χ0n) is 29.2. The monoisotopic (exact) mass is 754 g/mol. The van der Waals surface area contributed by atoms with E-state index in [0.717, 1.165) is 25.2 Å². The van der Waals surface area contributed by atoms with Gasteiger partial charge in [0.05, 0.1) is 0 Å². The lowest BCUT2D eigenvalue weighted by Crippen LogP contribution is -2.58. The van der Waals surface area contributed by atoms with Gasteiger partial charge in [-0.2, -0.15) is 0 Å². The molecule has 5 aliphatic rings. The fraction of sp³-hybridized carbons (Fsp3) is 0.361. The van der Waals surface area contributed by atoms with E-state index in [2.05, 4.69) is 0 Å². The molecule has 5 rings (SSSR count). The third-order valence-electron chi connectivity index (χ3n) is 8.29. The number of hydrogen-bond donors (Lipinski definition) is 2. The molecule has 286 valence electrons. The minimum absolute atomic E-state index is 0.0145. The molecule has 0 aromatic carbocycles. The number of esters is 6. The third kappa shape index (κ3) is 8.12.